The number of aromatic nitrogens is 1. The second-order valence-corrected chi connectivity index (χ2v) is 8.96. The molecular weight excluding hydrogens is 475 g/mol. The lowest BCUT2D eigenvalue weighted by Crippen LogP contribution is -2.38. The number of hydrogen-bond acceptors (Lipinski definition) is 7. The Balaban J connectivity index is 1.57. The first kappa shape index (κ1) is 24.7. The number of ether oxygens (including phenoxy) is 2. The quantitative estimate of drug-likeness (QED) is 0.484. The van der Waals surface area contributed by atoms with Crippen LogP contribution < -0.4 is 10.6 Å². The first-order valence-electron chi connectivity index (χ1n) is 10.3. The van der Waals surface area contributed by atoms with E-state index < -0.39 is 0 Å². The van der Waals surface area contributed by atoms with Gasteiger partial charge in [-0.2, -0.15) is 0 Å². The van der Waals surface area contributed by atoms with Gasteiger partial charge < -0.3 is 25.0 Å². The first-order chi connectivity index (χ1) is 15.5. The minimum atomic E-state index is -0.268. The molecule has 2 N–H and O–H groups in total. The summed E-state index contributed by atoms with van der Waals surface area (Å²) in [5.41, 5.74) is 0.887. The molecule has 0 unspecified atom stereocenters. The summed E-state index contributed by atoms with van der Waals surface area (Å²) >= 11 is 13.5. The molecule has 0 bridgehead atoms. The maximum absolute atomic E-state index is 13.0. The van der Waals surface area contributed by atoms with E-state index in [4.69, 9.17) is 32.7 Å². The lowest BCUT2D eigenvalue weighted by molar-refractivity contribution is -0.121. The summed E-state index contributed by atoms with van der Waals surface area (Å²) in [5, 5.41) is 9.17. The fourth-order valence-electron chi connectivity index (χ4n) is 3.17. The van der Waals surface area contributed by atoms with Gasteiger partial charge in [0.15, 0.2) is 5.13 Å². The number of benzene rings is 1. The largest absolute Gasteiger partial charge is 0.383 e. The standard InChI is InChI=1S/C21H26Cl2N4O4S/c1-30-10-8-27(7-6-19(28)24-12-15-3-2-9-31-15)20(29)18-13-32-21(26-18)25-17-11-14(22)4-5-16(17)23/h4-5,11,13,15H,2-3,6-10,12H2,1H3,(H,24,28)(H,25,26)/t15-/m0/s1. The van der Waals surface area contributed by atoms with Crippen molar-refractivity contribution in [3.05, 3.63) is 39.3 Å². The number of thiazole rings is 1. The summed E-state index contributed by atoms with van der Waals surface area (Å²) < 4.78 is 10.6. The van der Waals surface area contributed by atoms with Gasteiger partial charge in [-0.3, -0.25) is 9.59 Å². The van der Waals surface area contributed by atoms with Crippen molar-refractivity contribution in [3.8, 4) is 0 Å². The molecule has 1 fully saturated rings. The normalized spacial score (nSPS) is 15.5. The second-order valence-electron chi connectivity index (χ2n) is 7.26. The average molecular weight is 501 g/mol. The third-order valence-corrected chi connectivity index (χ3v) is 6.23. The molecule has 2 aromatic rings. The van der Waals surface area contributed by atoms with Crippen LogP contribution in [0.3, 0.4) is 0 Å². The van der Waals surface area contributed by atoms with Crippen molar-refractivity contribution in [3.63, 3.8) is 0 Å². The van der Waals surface area contributed by atoms with Crippen LogP contribution >= 0.6 is 34.5 Å². The van der Waals surface area contributed by atoms with Gasteiger partial charge in [-0.1, -0.05) is 23.2 Å². The number of carbonyl (C=O) groups excluding carboxylic acids is 2. The molecule has 1 aliphatic rings. The van der Waals surface area contributed by atoms with Crippen LogP contribution in [0.5, 0.6) is 0 Å². The van der Waals surface area contributed by atoms with Gasteiger partial charge in [0.25, 0.3) is 5.91 Å². The monoisotopic (exact) mass is 500 g/mol. The van der Waals surface area contributed by atoms with Gasteiger partial charge in [-0.15, -0.1) is 11.3 Å². The SMILES string of the molecule is COCCN(CCC(=O)NC[C@@H]1CCCO1)C(=O)c1csc(Nc2cc(Cl)ccc2Cl)n1. The molecule has 1 saturated heterocycles. The van der Waals surface area contributed by atoms with E-state index in [9.17, 15) is 9.59 Å². The van der Waals surface area contributed by atoms with Crippen LogP contribution in [0.25, 0.3) is 0 Å². The molecule has 32 heavy (non-hydrogen) atoms. The van der Waals surface area contributed by atoms with Crippen molar-refractivity contribution in [1.29, 1.82) is 0 Å². The minimum Gasteiger partial charge on any atom is -0.383 e. The third-order valence-electron chi connectivity index (χ3n) is 4.91. The molecule has 1 aromatic carbocycles. The molecule has 0 spiro atoms. The lowest BCUT2D eigenvalue weighted by Gasteiger charge is -2.21. The van der Waals surface area contributed by atoms with Crippen molar-refractivity contribution < 1.29 is 19.1 Å². The molecule has 1 atom stereocenters. The van der Waals surface area contributed by atoms with E-state index in [0.29, 0.717) is 40.6 Å². The summed E-state index contributed by atoms with van der Waals surface area (Å²) in [6, 6.07) is 5.06. The van der Waals surface area contributed by atoms with Crippen molar-refractivity contribution >= 4 is 57.2 Å². The van der Waals surface area contributed by atoms with Crippen molar-refractivity contribution in [2.24, 2.45) is 0 Å². The molecule has 2 amide bonds. The predicted molar refractivity (Wildman–Crippen MR) is 126 cm³/mol. The summed E-state index contributed by atoms with van der Waals surface area (Å²) in [5.74, 6) is -0.387. The molecule has 11 heteroatoms. The van der Waals surface area contributed by atoms with E-state index in [0.717, 1.165) is 19.4 Å². The van der Waals surface area contributed by atoms with Gasteiger partial charge in [0.1, 0.15) is 5.69 Å². The zero-order valence-electron chi connectivity index (χ0n) is 17.7. The Hall–Kier alpha value is -1.91. The number of amides is 2. The van der Waals surface area contributed by atoms with E-state index in [1.165, 1.54) is 11.3 Å². The van der Waals surface area contributed by atoms with Gasteiger partial charge in [-0.05, 0) is 31.0 Å². The molecule has 1 aliphatic heterocycles. The summed E-state index contributed by atoms with van der Waals surface area (Å²) in [7, 11) is 1.57. The van der Waals surface area contributed by atoms with Gasteiger partial charge in [0.05, 0.1) is 23.4 Å². The molecule has 174 valence electrons. The van der Waals surface area contributed by atoms with Crippen molar-refractivity contribution in [1.82, 2.24) is 15.2 Å². The van der Waals surface area contributed by atoms with Crippen LogP contribution in [0.2, 0.25) is 10.0 Å². The molecule has 3 rings (SSSR count). The second kappa shape index (κ2) is 12.4. The summed E-state index contributed by atoms with van der Waals surface area (Å²) in [6.07, 6.45) is 2.25. The van der Waals surface area contributed by atoms with Crippen LogP contribution in [0, 0.1) is 0 Å². The van der Waals surface area contributed by atoms with E-state index in [1.54, 1.807) is 35.6 Å². The van der Waals surface area contributed by atoms with Crippen molar-refractivity contribution in [2.45, 2.75) is 25.4 Å². The van der Waals surface area contributed by atoms with Crippen LogP contribution in [0.15, 0.2) is 23.6 Å². The Kier molecular flexibility index (Phi) is 9.55. The van der Waals surface area contributed by atoms with E-state index in [1.807, 2.05) is 0 Å². The van der Waals surface area contributed by atoms with Gasteiger partial charge in [0, 0.05) is 50.2 Å². The smallest absolute Gasteiger partial charge is 0.273 e. The molecule has 8 nitrogen and oxygen atoms in total. The Morgan fingerprint density at radius 2 is 2.19 bits per heavy atom. The number of carbonyl (C=O) groups is 2. The summed E-state index contributed by atoms with van der Waals surface area (Å²) in [4.78, 5) is 31.2. The van der Waals surface area contributed by atoms with Crippen LogP contribution in [0.1, 0.15) is 29.8 Å². The highest BCUT2D eigenvalue weighted by molar-refractivity contribution is 7.14. The zero-order valence-corrected chi connectivity index (χ0v) is 20.1. The third kappa shape index (κ3) is 7.31. The van der Waals surface area contributed by atoms with E-state index in [-0.39, 0.29) is 36.6 Å². The van der Waals surface area contributed by atoms with E-state index >= 15 is 0 Å². The van der Waals surface area contributed by atoms with Crippen LogP contribution in [-0.4, -0.2) is 67.8 Å². The first-order valence-corrected chi connectivity index (χ1v) is 11.9. The van der Waals surface area contributed by atoms with Gasteiger partial charge in [0.2, 0.25) is 5.91 Å². The number of anilines is 2. The molecule has 2 heterocycles. The molecule has 0 saturated carbocycles. The minimum absolute atomic E-state index is 0.0825. The Morgan fingerprint density at radius 3 is 2.94 bits per heavy atom. The topological polar surface area (TPSA) is 92.8 Å². The fraction of sp³-hybridized carbons (Fsp3) is 0.476. The number of halogens is 2. The molecular formula is C21H26Cl2N4O4S. The molecule has 0 radical (unpaired) electrons. The zero-order chi connectivity index (χ0) is 22.9. The number of nitrogens with one attached hydrogen (secondary N) is 2. The Morgan fingerprint density at radius 1 is 1.34 bits per heavy atom. The number of rotatable bonds is 11. The highest BCUT2D eigenvalue weighted by atomic mass is 35.5. The maximum Gasteiger partial charge on any atom is 0.273 e. The molecule has 1 aromatic heterocycles. The van der Waals surface area contributed by atoms with E-state index in [2.05, 4.69) is 15.6 Å². The molecule has 0 aliphatic carbocycles. The lowest BCUT2D eigenvalue weighted by atomic mass is 10.2. The number of nitrogens with zero attached hydrogens (tertiary/aromatic N) is 2. The van der Waals surface area contributed by atoms with Crippen LogP contribution in [0.4, 0.5) is 10.8 Å². The number of methoxy groups -OCH3 is 1. The predicted octanol–water partition coefficient (Wildman–Crippen LogP) is 3.97. The van der Waals surface area contributed by atoms with Gasteiger partial charge >= 0.3 is 0 Å². The Bertz CT molecular complexity index is 921. The van der Waals surface area contributed by atoms with Gasteiger partial charge in [-0.25, -0.2) is 4.98 Å². The Labute approximate surface area is 201 Å². The highest BCUT2D eigenvalue weighted by Gasteiger charge is 2.21. The number of hydrogen-bond donors (Lipinski definition) is 2. The fourth-order valence-corrected chi connectivity index (χ4v) is 4.21. The van der Waals surface area contributed by atoms with Crippen LogP contribution in [-0.2, 0) is 14.3 Å². The maximum atomic E-state index is 13.0. The average Bonchev–Trinajstić information content (AvgIpc) is 3.47. The summed E-state index contributed by atoms with van der Waals surface area (Å²) in [6.45, 7) is 2.22. The highest BCUT2D eigenvalue weighted by Crippen LogP contribution is 2.30. The van der Waals surface area contributed by atoms with Crippen molar-refractivity contribution in [2.75, 3.05) is 45.3 Å².